The molecule has 3 N–H and O–H groups in total. The highest BCUT2D eigenvalue weighted by atomic mass is 16.4. The van der Waals surface area contributed by atoms with Gasteiger partial charge in [0.15, 0.2) is 0 Å². The van der Waals surface area contributed by atoms with E-state index in [4.69, 9.17) is 5.11 Å². The largest absolute Gasteiger partial charge is 0.478 e. The van der Waals surface area contributed by atoms with Crippen LogP contribution in [-0.4, -0.2) is 23.1 Å². The number of carbonyl (C=O) groups is 2. The number of rotatable bonds is 4. The molecule has 114 valence electrons. The molecule has 1 fully saturated rings. The first-order valence-corrected chi connectivity index (χ1v) is 7.41. The van der Waals surface area contributed by atoms with Gasteiger partial charge in [-0.3, -0.25) is 0 Å². The number of urea groups is 1. The Morgan fingerprint density at radius 2 is 1.76 bits per heavy atom. The second-order valence-electron chi connectivity index (χ2n) is 5.79. The van der Waals surface area contributed by atoms with Crippen molar-refractivity contribution in [3.05, 3.63) is 35.4 Å². The molecule has 2 amide bonds. The van der Waals surface area contributed by atoms with Crippen molar-refractivity contribution < 1.29 is 14.7 Å². The molecular formula is C16H22N2O3. The first-order valence-electron chi connectivity index (χ1n) is 7.41. The minimum atomic E-state index is -0.946. The third-order valence-corrected chi connectivity index (χ3v) is 4.01. The summed E-state index contributed by atoms with van der Waals surface area (Å²) in [4.78, 5) is 22.6. The molecule has 1 aromatic rings. The van der Waals surface area contributed by atoms with Gasteiger partial charge in [0, 0.05) is 12.6 Å². The van der Waals surface area contributed by atoms with E-state index in [1.165, 1.54) is 12.8 Å². The van der Waals surface area contributed by atoms with Crippen LogP contribution in [0, 0.1) is 5.92 Å². The van der Waals surface area contributed by atoms with Crippen LogP contribution in [0.3, 0.4) is 0 Å². The van der Waals surface area contributed by atoms with E-state index in [0.29, 0.717) is 6.54 Å². The van der Waals surface area contributed by atoms with Crippen LogP contribution in [0.4, 0.5) is 4.79 Å². The number of amides is 2. The Bertz CT molecular complexity index is 491. The quantitative estimate of drug-likeness (QED) is 0.798. The Morgan fingerprint density at radius 3 is 2.33 bits per heavy atom. The lowest BCUT2D eigenvalue weighted by atomic mass is 9.87. The molecule has 0 aliphatic heterocycles. The second-order valence-corrected chi connectivity index (χ2v) is 5.79. The molecule has 21 heavy (non-hydrogen) atoms. The molecule has 2 rings (SSSR count). The van der Waals surface area contributed by atoms with E-state index in [1.54, 1.807) is 24.3 Å². The minimum Gasteiger partial charge on any atom is -0.478 e. The number of benzene rings is 1. The van der Waals surface area contributed by atoms with E-state index in [-0.39, 0.29) is 17.6 Å². The maximum Gasteiger partial charge on any atom is 0.335 e. The summed E-state index contributed by atoms with van der Waals surface area (Å²) in [5.74, 6) is -0.183. The van der Waals surface area contributed by atoms with Gasteiger partial charge in [-0.1, -0.05) is 19.1 Å². The number of carboxylic acid groups (broad SMARTS) is 1. The van der Waals surface area contributed by atoms with Gasteiger partial charge >= 0.3 is 12.0 Å². The second kappa shape index (κ2) is 7.11. The molecule has 0 spiro atoms. The number of hydrogen-bond donors (Lipinski definition) is 3. The van der Waals surface area contributed by atoms with Crippen molar-refractivity contribution in [1.29, 1.82) is 0 Å². The molecule has 0 aromatic heterocycles. The van der Waals surface area contributed by atoms with Crippen LogP contribution in [-0.2, 0) is 6.54 Å². The summed E-state index contributed by atoms with van der Waals surface area (Å²) < 4.78 is 0. The predicted octanol–water partition coefficient (Wildman–Crippen LogP) is 2.76. The highest BCUT2D eigenvalue weighted by Crippen LogP contribution is 2.23. The molecule has 0 unspecified atom stereocenters. The van der Waals surface area contributed by atoms with Crippen LogP contribution in [0.15, 0.2) is 24.3 Å². The van der Waals surface area contributed by atoms with Crippen LogP contribution in [0.5, 0.6) is 0 Å². The van der Waals surface area contributed by atoms with Gasteiger partial charge < -0.3 is 15.7 Å². The van der Waals surface area contributed by atoms with Crippen molar-refractivity contribution in [3.8, 4) is 0 Å². The molecule has 5 nitrogen and oxygen atoms in total. The van der Waals surface area contributed by atoms with Crippen molar-refractivity contribution in [3.63, 3.8) is 0 Å². The van der Waals surface area contributed by atoms with Gasteiger partial charge in [-0.25, -0.2) is 9.59 Å². The zero-order valence-corrected chi connectivity index (χ0v) is 12.3. The number of aromatic carboxylic acids is 1. The van der Waals surface area contributed by atoms with Crippen molar-refractivity contribution in [2.75, 3.05) is 0 Å². The Hall–Kier alpha value is -2.04. The molecule has 1 aromatic carbocycles. The van der Waals surface area contributed by atoms with Crippen LogP contribution < -0.4 is 10.6 Å². The third kappa shape index (κ3) is 4.77. The zero-order valence-electron chi connectivity index (χ0n) is 12.3. The lowest BCUT2D eigenvalue weighted by Gasteiger charge is -2.26. The SMILES string of the molecule is CC1CCC(NC(=O)NCc2ccc(C(=O)O)cc2)CC1. The number of hydrogen-bond acceptors (Lipinski definition) is 2. The molecule has 0 saturated heterocycles. The molecule has 5 heteroatoms. The summed E-state index contributed by atoms with van der Waals surface area (Å²) in [7, 11) is 0. The van der Waals surface area contributed by atoms with Crippen molar-refractivity contribution >= 4 is 12.0 Å². The molecule has 0 atom stereocenters. The Kier molecular flexibility index (Phi) is 5.20. The van der Waals surface area contributed by atoms with E-state index < -0.39 is 5.97 Å². The Balaban J connectivity index is 1.74. The first-order chi connectivity index (χ1) is 10.0. The van der Waals surface area contributed by atoms with Crippen LogP contribution in [0.2, 0.25) is 0 Å². The highest BCUT2D eigenvalue weighted by Gasteiger charge is 2.19. The van der Waals surface area contributed by atoms with Crippen molar-refractivity contribution in [1.82, 2.24) is 10.6 Å². The maximum atomic E-state index is 11.8. The van der Waals surface area contributed by atoms with E-state index in [9.17, 15) is 9.59 Å². The van der Waals surface area contributed by atoms with Crippen molar-refractivity contribution in [2.45, 2.75) is 45.2 Å². The summed E-state index contributed by atoms with van der Waals surface area (Å²) >= 11 is 0. The fraction of sp³-hybridized carbons (Fsp3) is 0.500. The van der Waals surface area contributed by atoms with E-state index in [1.807, 2.05) is 0 Å². The van der Waals surface area contributed by atoms with Gasteiger partial charge in [0.1, 0.15) is 0 Å². The Labute approximate surface area is 124 Å². The topological polar surface area (TPSA) is 78.4 Å². The molecule has 1 aliphatic rings. The van der Waals surface area contributed by atoms with Gasteiger partial charge in [0.05, 0.1) is 5.56 Å². The van der Waals surface area contributed by atoms with Gasteiger partial charge in [-0.05, 0) is 49.3 Å². The standard InChI is InChI=1S/C16H22N2O3/c1-11-2-8-14(9-3-11)18-16(21)17-10-12-4-6-13(7-5-12)15(19)20/h4-7,11,14H,2-3,8-10H2,1H3,(H,19,20)(H2,17,18,21). The molecule has 1 aliphatic carbocycles. The van der Waals surface area contributed by atoms with Gasteiger partial charge in [-0.2, -0.15) is 0 Å². The number of carboxylic acids is 1. The van der Waals surface area contributed by atoms with Gasteiger partial charge in [0.2, 0.25) is 0 Å². The zero-order chi connectivity index (χ0) is 15.2. The third-order valence-electron chi connectivity index (χ3n) is 4.01. The van der Waals surface area contributed by atoms with E-state index in [2.05, 4.69) is 17.6 Å². The van der Waals surface area contributed by atoms with Crippen LogP contribution in [0.25, 0.3) is 0 Å². The molecule has 0 bridgehead atoms. The predicted molar refractivity (Wildman–Crippen MR) is 80.2 cm³/mol. The smallest absolute Gasteiger partial charge is 0.335 e. The lowest BCUT2D eigenvalue weighted by Crippen LogP contribution is -2.43. The minimum absolute atomic E-state index is 0.156. The molecule has 0 radical (unpaired) electrons. The normalized spacial score (nSPS) is 21.6. The lowest BCUT2D eigenvalue weighted by molar-refractivity contribution is 0.0697. The van der Waals surface area contributed by atoms with Crippen LogP contribution >= 0.6 is 0 Å². The maximum absolute atomic E-state index is 11.8. The average molecular weight is 290 g/mol. The average Bonchev–Trinajstić information content (AvgIpc) is 2.48. The molecule has 1 saturated carbocycles. The van der Waals surface area contributed by atoms with E-state index in [0.717, 1.165) is 24.3 Å². The summed E-state index contributed by atoms with van der Waals surface area (Å²) in [6.45, 7) is 2.64. The molecule has 0 heterocycles. The summed E-state index contributed by atoms with van der Waals surface area (Å²) in [5, 5.41) is 14.6. The molecular weight excluding hydrogens is 268 g/mol. The summed E-state index contributed by atoms with van der Waals surface area (Å²) in [6.07, 6.45) is 4.42. The summed E-state index contributed by atoms with van der Waals surface area (Å²) in [6, 6.07) is 6.63. The Morgan fingerprint density at radius 1 is 1.14 bits per heavy atom. The van der Waals surface area contributed by atoms with Gasteiger partial charge in [0.25, 0.3) is 0 Å². The van der Waals surface area contributed by atoms with Crippen LogP contribution in [0.1, 0.15) is 48.5 Å². The monoisotopic (exact) mass is 290 g/mol. The number of carbonyl (C=O) groups excluding carboxylic acids is 1. The highest BCUT2D eigenvalue weighted by molar-refractivity contribution is 5.87. The van der Waals surface area contributed by atoms with Crippen molar-refractivity contribution in [2.24, 2.45) is 5.92 Å². The fourth-order valence-corrected chi connectivity index (χ4v) is 2.59. The summed E-state index contributed by atoms with van der Waals surface area (Å²) in [5.41, 5.74) is 1.13. The van der Waals surface area contributed by atoms with Gasteiger partial charge in [-0.15, -0.1) is 0 Å². The first kappa shape index (κ1) is 15.4. The number of nitrogens with one attached hydrogen (secondary N) is 2. The van der Waals surface area contributed by atoms with E-state index >= 15 is 0 Å². The fourth-order valence-electron chi connectivity index (χ4n) is 2.59.